The van der Waals surface area contributed by atoms with Crippen molar-refractivity contribution in [3.05, 3.63) is 40.5 Å². The third-order valence-electron chi connectivity index (χ3n) is 4.31. The van der Waals surface area contributed by atoms with Gasteiger partial charge in [-0.3, -0.25) is 4.79 Å². The number of ether oxygens (including phenoxy) is 2. The molecular formula is C18H22ClN3O4. The fourth-order valence-corrected chi connectivity index (χ4v) is 3.21. The molecule has 1 unspecified atom stereocenters. The molecule has 0 bridgehead atoms. The molecule has 1 aliphatic heterocycles. The van der Waals surface area contributed by atoms with Crippen LogP contribution in [-0.2, 0) is 11.2 Å². The number of benzene rings is 1. The smallest absolute Gasteiger partial charge is 0.257 e. The van der Waals surface area contributed by atoms with Gasteiger partial charge in [-0.25, -0.2) is 0 Å². The van der Waals surface area contributed by atoms with Crippen LogP contribution < -0.4 is 4.74 Å². The third-order valence-corrected chi connectivity index (χ3v) is 4.54. The number of aromatic nitrogens is 2. The van der Waals surface area contributed by atoms with Gasteiger partial charge in [0.05, 0.1) is 25.4 Å². The van der Waals surface area contributed by atoms with E-state index in [0.29, 0.717) is 54.2 Å². The van der Waals surface area contributed by atoms with Crippen LogP contribution in [0.25, 0.3) is 0 Å². The molecule has 1 aliphatic rings. The molecule has 7 nitrogen and oxygen atoms in total. The number of halogens is 1. The summed E-state index contributed by atoms with van der Waals surface area (Å²) < 4.78 is 16.2. The van der Waals surface area contributed by atoms with Crippen molar-refractivity contribution in [3.63, 3.8) is 0 Å². The second kappa shape index (κ2) is 8.51. The number of hydrogen-bond acceptors (Lipinski definition) is 6. The van der Waals surface area contributed by atoms with Crippen molar-refractivity contribution in [1.82, 2.24) is 15.0 Å². The maximum Gasteiger partial charge on any atom is 0.257 e. The van der Waals surface area contributed by atoms with Crippen molar-refractivity contribution in [2.75, 3.05) is 26.8 Å². The quantitative estimate of drug-likeness (QED) is 0.768. The van der Waals surface area contributed by atoms with Crippen LogP contribution in [0.4, 0.5) is 0 Å². The predicted molar refractivity (Wildman–Crippen MR) is 95.6 cm³/mol. The third kappa shape index (κ3) is 4.53. The zero-order valence-electron chi connectivity index (χ0n) is 14.9. The Morgan fingerprint density at radius 3 is 3.04 bits per heavy atom. The lowest BCUT2D eigenvalue weighted by atomic mass is 10.1. The molecule has 0 saturated carbocycles. The lowest BCUT2D eigenvalue weighted by Crippen LogP contribution is -2.43. The fourth-order valence-electron chi connectivity index (χ4n) is 3.04. The summed E-state index contributed by atoms with van der Waals surface area (Å²) >= 11 is 6.04. The average molecular weight is 380 g/mol. The van der Waals surface area contributed by atoms with Crippen molar-refractivity contribution in [3.8, 4) is 5.75 Å². The minimum absolute atomic E-state index is 0.00845. The Hall–Kier alpha value is -2.12. The zero-order valence-corrected chi connectivity index (χ0v) is 15.7. The standard InChI is InChI=1S/C18H22ClN3O4/c1-12-20-17(21-26-12)7-9-25-14-4-3-8-22(11-14)18(23)15-10-13(19)5-6-16(15)24-2/h5-6,10,14H,3-4,7-9,11H2,1-2H3. The van der Waals surface area contributed by atoms with Crippen LogP contribution in [0, 0.1) is 6.92 Å². The van der Waals surface area contributed by atoms with Crippen molar-refractivity contribution in [2.45, 2.75) is 32.3 Å². The van der Waals surface area contributed by atoms with E-state index in [1.165, 1.54) is 0 Å². The Bertz CT molecular complexity index is 765. The van der Waals surface area contributed by atoms with Crippen LogP contribution >= 0.6 is 11.6 Å². The van der Waals surface area contributed by atoms with E-state index < -0.39 is 0 Å². The number of carbonyl (C=O) groups is 1. The Balaban J connectivity index is 1.57. The monoisotopic (exact) mass is 379 g/mol. The Kier molecular flexibility index (Phi) is 6.11. The molecule has 0 radical (unpaired) electrons. The molecule has 2 aromatic rings. The van der Waals surface area contributed by atoms with E-state index in [4.69, 9.17) is 25.6 Å². The molecule has 1 amide bonds. The van der Waals surface area contributed by atoms with Crippen LogP contribution in [0.2, 0.25) is 5.02 Å². The number of carbonyl (C=O) groups excluding carboxylic acids is 1. The minimum atomic E-state index is -0.0913. The highest BCUT2D eigenvalue weighted by Crippen LogP contribution is 2.25. The van der Waals surface area contributed by atoms with Gasteiger partial charge in [-0.1, -0.05) is 16.8 Å². The van der Waals surface area contributed by atoms with Crippen molar-refractivity contribution >= 4 is 17.5 Å². The van der Waals surface area contributed by atoms with Gasteiger partial charge in [-0.15, -0.1) is 0 Å². The number of methoxy groups -OCH3 is 1. The number of amides is 1. The Labute approximate surface area is 157 Å². The van der Waals surface area contributed by atoms with Crippen molar-refractivity contribution in [1.29, 1.82) is 0 Å². The molecule has 26 heavy (non-hydrogen) atoms. The van der Waals surface area contributed by atoms with Crippen molar-refractivity contribution < 1.29 is 18.8 Å². The van der Waals surface area contributed by atoms with Gasteiger partial charge in [-0.2, -0.15) is 4.98 Å². The Morgan fingerprint density at radius 1 is 1.46 bits per heavy atom. The summed E-state index contributed by atoms with van der Waals surface area (Å²) in [6.07, 6.45) is 2.39. The molecule has 1 aromatic carbocycles. The highest BCUT2D eigenvalue weighted by atomic mass is 35.5. The van der Waals surface area contributed by atoms with Gasteiger partial charge >= 0.3 is 0 Å². The summed E-state index contributed by atoms with van der Waals surface area (Å²) in [7, 11) is 1.54. The number of aryl methyl sites for hydroxylation is 1. The maximum absolute atomic E-state index is 12.9. The molecule has 0 spiro atoms. The van der Waals surface area contributed by atoms with Crippen LogP contribution in [0.1, 0.15) is 34.9 Å². The molecule has 1 saturated heterocycles. The Morgan fingerprint density at radius 2 is 2.31 bits per heavy atom. The summed E-state index contributed by atoms with van der Waals surface area (Å²) in [4.78, 5) is 18.8. The van der Waals surface area contributed by atoms with E-state index in [2.05, 4.69) is 10.1 Å². The van der Waals surface area contributed by atoms with Gasteiger partial charge in [0.25, 0.3) is 5.91 Å². The molecule has 8 heteroatoms. The van der Waals surface area contributed by atoms with Gasteiger partial charge < -0.3 is 18.9 Å². The molecular weight excluding hydrogens is 358 g/mol. The number of nitrogens with zero attached hydrogens (tertiary/aromatic N) is 3. The van der Waals surface area contributed by atoms with Gasteiger partial charge in [0.1, 0.15) is 5.75 Å². The normalized spacial score (nSPS) is 17.3. The number of rotatable bonds is 6. The average Bonchev–Trinajstić information content (AvgIpc) is 3.06. The molecule has 0 N–H and O–H groups in total. The second-order valence-electron chi connectivity index (χ2n) is 6.21. The van der Waals surface area contributed by atoms with Crippen LogP contribution in [0.3, 0.4) is 0 Å². The first-order chi connectivity index (χ1) is 12.6. The summed E-state index contributed by atoms with van der Waals surface area (Å²) in [6, 6.07) is 5.06. The van der Waals surface area contributed by atoms with Crippen molar-refractivity contribution in [2.24, 2.45) is 0 Å². The number of likely N-dealkylation sites (tertiary alicyclic amines) is 1. The SMILES string of the molecule is COc1ccc(Cl)cc1C(=O)N1CCCC(OCCc2noc(C)n2)C1. The van der Waals surface area contributed by atoms with Gasteiger partial charge in [0.2, 0.25) is 5.89 Å². The summed E-state index contributed by atoms with van der Waals surface area (Å²) in [5.41, 5.74) is 0.475. The van der Waals surface area contributed by atoms with Crippen LogP contribution in [-0.4, -0.2) is 53.9 Å². The summed E-state index contributed by atoms with van der Waals surface area (Å²) in [6.45, 7) is 3.48. The molecule has 3 rings (SSSR count). The van der Waals surface area contributed by atoms with Gasteiger partial charge in [0.15, 0.2) is 5.82 Å². The first-order valence-electron chi connectivity index (χ1n) is 8.60. The fraction of sp³-hybridized carbons (Fsp3) is 0.500. The van der Waals surface area contributed by atoms with E-state index in [9.17, 15) is 4.79 Å². The first kappa shape index (κ1) is 18.7. The molecule has 2 heterocycles. The molecule has 0 aliphatic carbocycles. The topological polar surface area (TPSA) is 77.7 Å². The van der Waals surface area contributed by atoms with E-state index in [-0.39, 0.29) is 12.0 Å². The summed E-state index contributed by atoms with van der Waals surface area (Å²) in [5.74, 6) is 1.61. The van der Waals surface area contributed by atoms with Crippen LogP contribution in [0.15, 0.2) is 22.7 Å². The zero-order chi connectivity index (χ0) is 18.5. The highest BCUT2D eigenvalue weighted by Gasteiger charge is 2.27. The number of hydrogen-bond donors (Lipinski definition) is 0. The van der Waals surface area contributed by atoms with E-state index in [1.807, 2.05) is 0 Å². The van der Waals surface area contributed by atoms with E-state index in [0.717, 1.165) is 12.8 Å². The van der Waals surface area contributed by atoms with Crippen LogP contribution in [0.5, 0.6) is 5.75 Å². The first-order valence-corrected chi connectivity index (χ1v) is 8.98. The van der Waals surface area contributed by atoms with Gasteiger partial charge in [-0.05, 0) is 31.0 Å². The predicted octanol–water partition coefficient (Wildman–Crippen LogP) is 2.90. The van der Waals surface area contributed by atoms with Gasteiger partial charge in [0, 0.05) is 31.5 Å². The largest absolute Gasteiger partial charge is 0.496 e. The lowest BCUT2D eigenvalue weighted by molar-refractivity contribution is 0.00242. The van der Waals surface area contributed by atoms with E-state index >= 15 is 0 Å². The maximum atomic E-state index is 12.9. The minimum Gasteiger partial charge on any atom is -0.496 e. The molecule has 1 aromatic heterocycles. The highest BCUT2D eigenvalue weighted by molar-refractivity contribution is 6.31. The second-order valence-corrected chi connectivity index (χ2v) is 6.65. The molecule has 1 fully saturated rings. The molecule has 140 valence electrons. The lowest BCUT2D eigenvalue weighted by Gasteiger charge is -2.33. The summed E-state index contributed by atoms with van der Waals surface area (Å²) in [5, 5.41) is 4.36. The van der Waals surface area contributed by atoms with E-state index in [1.54, 1.807) is 37.1 Å². The molecule has 1 atom stereocenters. The number of piperidine rings is 1.